The van der Waals surface area contributed by atoms with Crippen LogP contribution in [-0.2, 0) is 0 Å². The van der Waals surface area contributed by atoms with Gasteiger partial charge in [-0.25, -0.2) is 0 Å². The smallest absolute Gasteiger partial charge is 0.253 e. The van der Waals surface area contributed by atoms with Gasteiger partial charge >= 0.3 is 0 Å². The molecule has 0 radical (unpaired) electrons. The second kappa shape index (κ2) is 4.63. The standard InChI is InChI=1S/C10H13IN2O/c1-12-9-5-4-7(6-8(9)11)10(14)13(2)3/h4-6,12H,1-3H3. The van der Waals surface area contributed by atoms with Crippen LogP contribution in [0.1, 0.15) is 10.4 Å². The molecule has 76 valence electrons. The molecule has 0 bridgehead atoms. The highest BCUT2D eigenvalue weighted by molar-refractivity contribution is 14.1. The molecule has 0 aromatic heterocycles. The van der Waals surface area contributed by atoms with Crippen molar-refractivity contribution in [3.63, 3.8) is 0 Å². The summed E-state index contributed by atoms with van der Waals surface area (Å²) in [6.45, 7) is 0. The number of hydrogen-bond donors (Lipinski definition) is 1. The first-order valence-electron chi connectivity index (χ1n) is 4.25. The molecule has 3 nitrogen and oxygen atoms in total. The van der Waals surface area contributed by atoms with Crippen molar-refractivity contribution < 1.29 is 4.79 Å². The number of halogens is 1. The van der Waals surface area contributed by atoms with Crippen LogP contribution in [0.4, 0.5) is 5.69 Å². The number of anilines is 1. The molecule has 1 aromatic rings. The van der Waals surface area contributed by atoms with Crippen LogP contribution in [0.2, 0.25) is 0 Å². The predicted molar refractivity (Wildman–Crippen MR) is 66.7 cm³/mol. The van der Waals surface area contributed by atoms with Crippen LogP contribution >= 0.6 is 22.6 Å². The lowest BCUT2D eigenvalue weighted by atomic mass is 10.2. The summed E-state index contributed by atoms with van der Waals surface area (Å²) in [6.07, 6.45) is 0. The highest BCUT2D eigenvalue weighted by Crippen LogP contribution is 2.19. The lowest BCUT2D eigenvalue weighted by molar-refractivity contribution is 0.0827. The van der Waals surface area contributed by atoms with Gasteiger partial charge in [0.15, 0.2) is 0 Å². The summed E-state index contributed by atoms with van der Waals surface area (Å²) in [5.41, 5.74) is 1.76. The number of carbonyl (C=O) groups is 1. The minimum atomic E-state index is 0.0329. The summed E-state index contributed by atoms with van der Waals surface area (Å²) in [6, 6.07) is 5.63. The molecule has 1 rings (SSSR count). The number of carbonyl (C=O) groups excluding carboxylic acids is 1. The average molecular weight is 304 g/mol. The van der Waals surface area contributed by atoms with Crippen molar-refractivity contribution in [1.29, 1.82) is 0 Å². The van der Waals surface area contributed by atoms with E-state index in [0.29, 0.717) is 0 Å². The van der Waals surface area contributed by atoms with Crippen molar-refractivity contribution in [3.05, 3.63) is 27.3 Å². The Morgan fingerprint density at radius 1 is 1.43 bits per heavy atom. The van der Waals surface area contributed by atoms with Crippen molar-refractivity contribution in [3.8, 4) is 0 Å². The maximum Gasteiger partial charge on any atom is 0.253 e. The van der Waals surface area contributed by atoms with Gasteiger partial charge in [-0.1, -0.05) is 0 Å². The van der Waals surface area contributed by atoms with E-state index in [2.05, 4.69) is 27.9 Å². The van der Waals surface area contributed by atoms with Gasteiger partial charge in [0.05, 0.1) is 0 Å². The third kappa shape index (κ3) is 2.37. The topological polar surface area (TPSA) is 32.3 Å². The quantitative estimate of drug-likeness (QED) is 0.848. The Hall–Kier alpha value is -0.780. The molecule has 0 aliphatic carbocycles. The van der Waals surface area contributed by atoms with Crippen molar-refractivity contribution in [2.45, 2.75) is 0 Å². The Labute approximate surface area is 97.6 Å². The van der Waals surface area contributed by atoms with Gasteiger partial charge in [0.2, 0.25) is 0 Å². The fraction of sp³-hybridized carbons (Fsp3) is 0.300. The van der Waals surface area contributed by atoms with Crippen LogP contribution in [0, 0.1) is 3.57 Å². The van der Waals surface area contributed by atoms with Gasteiger partial charge in [-0.2, -0.15) is 0 Å². The minimum Gasteiger partial charge on any atom is -0.387 e. The fourth-order valence-corrected chi connectivity index (χ4v) is 1.89. The van der Waals surface area contributed by atoms with E-state index in [9.17, 15) is 4.79 Å². The van der Waals surface area contributed by atoms with Crippen LogP contribution < -0.4 is 5.32 Å². The third-order valence-electron chi connectivity index (χ3n) is 1.89. The van der Waals surface area contributed by atoms with Gasteiger partial charge < -0.3 is 10.2 Å². The largest absolute Gasteiger partial charge is 0.387 e. The monoisotopic (exact) mass is 304 g/mol. The first kappa shape index (κ1) is 11.3. The van der Waals surface area contributed by atoms with Gasteiger partial charge in [0.25, 0.3) is 5.91 Å². The summed E-state index contributed by atoms with van der Waals surface area (Å²) >= 11 is 2.21. The second-order valence-corrected chi connectivity index (χ2v) is 4.31. The van der Waals surface area contributed by atoms with Gasteiger partial charge in [-0.15, -0.1) is 0 Å². The molecule has 0 heterocycles. The first-order chi connectivity index (χ1) is 6.56. The highest BCUT2D eigenvalue weighted by atomic mass is 127. The van der Waals surface area contributed by atoms with E-state index >= 15 is 0 Å². The van der Waals surface area contributed by atoms with Crippen molar-refractivity contribution in [2.24, 2.45) is 0 Å². The molecule has 0 spiro atoms. The van der Waals surface area contributed by atoms with Crippen molar-refractivity contribution in [2.75, 3.05) is 26.5 Å². The number of rotatable bonds is 2. The highest BCUT2D eigenvalue weighted by Gasteiger charge is 2.09. The van der Waals surface area contributed by atoms with E-state index in [1.54, 1.807) is 19.0 Å². The second-order valence-electron chi connectivity index (χ2n) is 3.14. The van der Waals surface area contributed by atoms with E-state index in [1.165, 1.54) is 0 Å². The molecule has 1 aromatic carbocycles. The van der Waals surface area contributed by atoms with Crippen molar-refractivity contribution in [1.82, 2.24) is 4.90 Å². The molecule has 4 heteroatoms. The molecule has 0 aliphatic heterocycles. The van der Waals surface area contributed by atoms with E-state index in [1.807, 2.05) is 25.2 Å². The Bertz CT molecular complexity index is 350. The molecule has 0 atom stereocenters. The molecule has 14 heavy (non-hydrogen) atoms. The number of hydrogen-bond acceptors (Lipinski definition) is 2. The Morgan fingerprint density at radius 2 is 2.07 bits per heavy atom. The predicted octanol–water partition coefficient (Wildman–Crippen LogP) is 2.03. The molecule has 0 fully saturated rings. The Kier molecular flexibility index (Phi) is 3.74. The number of nitrogens with zero attached hydrogens (tertiary/aromatic N) is 1. The van der Waals surface area contributed by atoms with Gasteiger partial charge in [0, 0.05) is 36.0 Å². The van der Waals surface area contributed by atoms with Crippen LogP contribution in [0.15, 0.2) is 18.2 Å². The van der Waals surface area contributed by atoms with Gasteiger partial charge in [-0.3, -0.25) is 4.79 Å². The summed E-state index contributed by atoms with van der Waals surface area (Å²) in [5, 5.41) is 3.06. The van der Waals surface area contributed by atoms with E-state index in [4.69, 9.17) is 0 Å². The molecule has 0 unspecified atom stereocenters. The van der Waals surface area contributed by atoms with Crippen LogP contribution in [0.25, 0.3) is 0 Å². The minimum absolute atomic E-state index is 0.0329. The molecular formula is C10H13IN2O. The van der Waals surface area contributed by atoms with Gasteiger partial charge in [0.1, 0.15) is 0 Å². The van der Waals surface area contributed by atoms with E-state index in [-0.39, 0.29) is 5.91 Å². The molecule has 0 saturated heterocycles. The molecule has 0 aliphatic rings. The fourth-order valence-electron chi connectivity index (χ4n) is 1.11. The number of benzene rings is 1. The van der Waals surface area contributed by atoms with Gasteiger partial charge in [-0.05, 0) is 40.8 Å². The normalized spacial score (nSPS) is 9.71. The van der Waals surface area contributed by atoms with Crippen LogP contribution in [0.3, 0.4) is 0 Å². The summed E-state index contributed by atoms with van der Waals surface area (Å²) in [4.78, 5) is 13.2. The summed E-state index contributed by atoms with van der Waals surface area (Å²) in [5.74, 6) is 0.0329. The maximum atomic E-state index is 11.6. The lowest BCUT2D eigenvalue weighted by Gasteiger charge is -2.11. The average Bonchev–Trinajstić information content (AvgIpc) is 2.16. The molecule has 1 N–H and O–H groups in total. The van der Waals surface area contributed by atoms with Crippen molar-refractivity contribution >= 4 is 34.2 Å². The number of nitrogens with one attached hydrogen (secondary N) is 1. The Morgan fingerprint density at radius 3 is 2.50 bits per heavy atom. The molecule has 0 saturated carbocycles. The Balaban J connectivity index is 3.03. The zero-order chi connectivity index (χ0) is 10.7. The summed E-state index contributed by atoms with van der Waals surface area (Å²) < 4.78 is 1.05. The zero-order valence-corrected chi connectivity index (χ0v) is 10.6. The third-order valence-corrected chi connectivity index (χ3v) is 2.78. The summed E-state index contributed by atoms with van der Waals surface area (Å²) in [7, 11) is 5.37. The lowest BCUT2D eigenvalue weighted by Crippen LogP contribution is -2.21. The van der Waals surface area contributed by atoms with E-state index in [0.717, 1.165) is 14.8 Å². The van der Waals surface area contributed by atoms with E-state index < -0.39 is 0 Å². The first-order valence-corrected chi connectivity index (χ1v) is 5.33. The zero-order valence-electron chi connectivity index (χ0n) is 8.47. The number of amides is 1. The van der Waals surface area contributed by atoms with Crippen LogP contribution in [-0.4, -0.2) is 32.0 Å². The molecule has 1 amide bonds. The SMILES string of the molecule is CNc1ccc(C(=O)N(C)C)cc1I. The molecular weight excluding hydrogens is 291 g/mol. The van der Waals surface area contributed by atoms with Crippen LogP contribution in [0.5, 0.6) is 0 Å². The maximum absolute atomic E-state index is 11.6.